The van der Waals surface area contributed by atoms with Gasteiger partial charge in [0.2, 0.25) is 0 Å². The summed E-state index contributed by atoms with van der Waals surface area (Å²) >= 11 is 5.61. The highest BCUT2D eigenvalue weighted by Crippen LogP contribution is 2.30. The fourth-order valence-electron chi connectivity index (χ4n) is 3.89. The SMILES string of the molecule is CCCCN(C(=O)N(CCCl)N=O)C1O[C@H](CO)[C@@H](O[C@H]2O[C@H](CO)[C@@H](O)[C@H](O)[C@H]2O)[C@H](O)[C@H]1O. The molecular weight excluding hydrogens is 498 g/mol. The number of aliphatic hydroxyl groups is 7. The van der Waals surface area contributed by atoms with E-state index in [-0.39, 0.29) is 19.0 Å². The summed E-state index contributed by atoms with van der Waals surface area (Å²) < 4.78 is 16.4. The van der Waals surface area contributed by atoms with Crippen molar-refractivity contribution in [2.75, 3.05) is 32.2 Å². The molecule has 7 N–H and O–H groups in total. The van der Waals surface area contributed by atoms with Crippen molar-refractivity contribution < 1.29 is 54.8 Å². The molecule has 0 saturated carbocycles. The van der Waals surface area contributed by atoms with Gasteiger partial charge in [-0.15, -0.1) is 16.5 Å². The molecule has 0 aromatic rings. The van der Waals surface area contributed by atoms with Crippen LogP contribution in [-0.4, -0.2) is 145 Å². The van der Waals surface area contributed by atoms with Gasteiger partial charge in [-0.05, 0) is 6.42 Å². The molecule has 1 unspecified atom stereocenters. The topological polar surface area (TPSA) is 222 Å². The third-order valence-electron chi connectivity index (χ3n) is 5.90. The van der Waals surface area contributed by atoms with E-state index in [4.69, 9.17) is 25.8 Å². The van der Waals surface area contributed by atoms with Gasteiger partial charge in [0.05, 0.1) is 25.0 Å². The first-order valence-corrected chi connectivity index (χ1v) is 11.8. The smallest absolute Gasteiger partial charge is 0.345 e. The fraction of sp³-hybridized carbons (Fsp3) is 0.947. The van der Waals surface area contributed by atoms with Crippen molar-refractivity contribution in [3.05, 3.63) is 4.91 Å². The van der Waals surface area contributed by atoms with Gasteiger partial charge in [-0.1, -0.05) is 13.3 Å². The minimum absolute atomic E-state index is 0.00840. The average Bonchev–Trinajstić information content (AvgIpc) is 2.86. The van der Waals surface area contributed by atoms with Crippen LogP contribution >= 0.6 is 11.6 Å². The van der Waals surface area contributed by atoms with Gasteiger partial charge in [-0.2, -0.15) is 5.01 Å². The molecule has 2 aliphatic rings. The third kappa shape index (κ3) is 6.75. The van der Waals surface area contributed by atoms with Gasteiger partial charge in [-0.25, -0.2) is 4.79 Å². The molecule has 0 aromatic carbocycles. The van der Waals surface area contributed by atoms with Crippen LogP contribution in [0, 0.1) is 4.91 Å². The lowest BCUT2D eigenvalue weighted by molar-refractivity contribution is -0.347. The second-order valence-corrected chi connectivity index (χ2v) is 8.63. The number of carbonyl (C=O) groups is 1. The Morgan fingerprint density at radius 2 is 1.60 bits per heavy atom. The summed E-state index contributed by atoms with van der Waals surface area (Å²) in [4.78, 5) is 25.0. The number of nitroso groups, excluding NO2 is 1. The van der Waals surface area contributed by atoms with Crippen molar-refractivity contribution in [2.45, 2.75) is 81.1 Å². The molecule has 2 fully saturated rings. The van der Waals surface area contributed by atoms with Crippen LogP contribution in [0.2, 0.25) is 0 Å². The Morgan fingerprint density at radius 3 is 2.14 bits per heavy atom. The summed E-state index contributed by atoms with van der Waals surface area (Å²) in [6.45, 7) is 0.139. The Bertz CT molecular complexity index is 677. The number of hydrogen-bond donors (Lipinski definition) is 7. The Labute approximate surface area is 206 Å². The maximum atomic E-state index is 12.9. The molecule has 204 valence electrons. The zero-order valence-corrected chi connectivity index (χ0v) is 19.9. The van der Waals surface area contributed by atoms with Gasteiger partial charge >= 0.3 is 6.03 Å². The van der Waals surface area contributed by atoms with Gasteiger partial charge in [0, 0.05) is 12.4 Å². The molecule has 0 aromatic heterocycles. The monoisotopic (exact) mass is 531 g/mol. The molecule has 0 radical (unpaired) electrons. The molecule has 2 rings (SSSR count). The third-order valence-corrected chi connectivity index (χ3v) is 6.07. The summed E-state index contributed by atoms with van der Waals surface area (Å²) in [5, 5.41) is 74.1. The summed E-state index contributed by atoms with van der Waals surface area (Å²) in [5.41, 5.74) is 0. The van der Waals surface area contributed by atoms with Gasteiger partial charge in [-0.3, -0.25) is 4.90 Å². The number of alkyl halides is 1. The standard InChI is InChI=1S/C19H34ClN3O12/c1-2-3-5-22(19(31)23(21-32)6-4-20)17-14(29)13(28)16(10(8-25)33-17)35-18-15(30)12(27)11(26)9(7-24)34-18/h9-18,24-30H,2-8H2,1H3/t9-,10-,11-,12+,13-,14-,15-,16-,17?,18-/m1/s1. The molecular formula is C19H34ClN3O12. The quantitative estimate of drug-likeness (QED) is 0.0807. The molecule has 15 nitrogen and oxygen atoms in total. The Balaban J connectivity index is 2.25. The highest BCUT2D eigenvalue weighted by Gasteiger charge is 2.52. The number of aliphatic hydroxyl groups excluding tert-OH is 7. The summed E-state index contributed by atoms with van der Waals surface area (Å²) in [6, 6.07) is -0.935. The van der Waals surface area contributed by atoms with E-state index < -0.39 is 80.6 Å². The van der Waals surface area contributed by atoms with E-state index >= 15 is 0 Å². The lowest BCUT2D eigenvalue weighted by Gasteiger charge is -2.48. The molecule has 0 bridgehead atoms. The highest BCUT2D eigenvalue weighted by atomic mass is 35.5. The largest absolute Gasteiger partial charge is 0.394 e. The molecule has 2 saturated heterocycles. The van der Waals surface area contributed by atoms with E-state index in [1.54, 1.807) is 0 Å². The highest BCUT2D eigenvalue weighted by molar-refractivity contribution is 6.18. The number of urea groups is 1. The van der Waals surface area contributed by atoms with Crippen LogP contribution < -0.4 is 0 Å². The lowest BCUT2D eigenvalue weighted by atomic mass is 9.96. The number of amides is 2. The van der Waals surface area contributed by atoms with Crippen molar-refractivity contribution in [3.63, 3.8) is 0 Å². The zero-order chi connectivity index (χ0) is 26.3. The maximum Gasteiger partial charge on any atom is 0.345 e. The van der Waals surface area contributed by atoms with Crippen LogP contribution in [0.1, 0.15) is 19.8 Å². The van der Waals surface area contributed by atoms with Crippen molar-refractivity contribution in [3.8, 4) is 0 Å². The summed E-state index contributed by atoms with van der Waals surface area (Å²) in [5.74, 6) is -0.0932. The summed E-state index contributed by atoms with van der Waals surface area (Å²) in [7, 11) is 0. The first-order chi connectivity index (χ1) is 16.7. The van der Waals surface area contributed by atoms with Crippen molar-refractivity contribution in [1.82, 2.24) is 9.91 Å². The molecule has 35 heavy (non-hydrogen) atoms. The van der Waals surface area contributed by atoms with Gasteiger partial charge in [0.15, 0.2) is 12.5 Å². The molecule has 16 heteroatoms. The minimum atomic E-state index is -1.81. The van der Waals surface area contributed by atoms with E-state index in [0.717, 1.165) is 4.90 Å². The van der Waals surface area contributed by atoms with Gasteiger partial charge in [0.25, 0.3) is 0 Å². The molecule has 0 spiro atoms. The number of nitrogens with zero attached hydrogens (tertiary/aromatic N) is 3. The van der Waals surface area contributed by atoms with Crippen LogP contribution in [0.15, 0.2) is 5.29 Å². The van der Waals surface area contributed by atoms with Crippen molar-refractivity contribution in [1.29, 1.82) is 0 Å². The number of rotatable bonds is 11. The first-order valence-electron chi connectivity index (χ1n) is 11.2. The zero-order valence-electron chi connectivity index (χ0n) is 19.1. The summed E-state index contributed by atoms with van der Waals surface area (Å²) in [6.07, 6.45) is -15.1. The van der Waals surface area contributed by atoms with Crippen LogP contribution in [0.5, 0.6) is 0 Å². The Hall–Kier alpha value is -1.24. The molecule has 10 atom stereocenters. The predicted molar refractivity (Wildman–Crippen MR) is 117 cm³/mol. The second kappa shape index (κ2) is 13.9. The van der Waals surface area contributed by atoms with E-state index in [1.807, 2.05) is 6.92 Å². The second-order valence-electron chi connectivity index (χ2n) is 8.25. The number of halogens is 1. The average molecular weight is 532 g/mol. The lowest BCUT2D eigenvalue weighted by Crippen LogP contribution is -2.67. The van der Waals surface area contributed by atoms with E-state index in [0.29, 0.717) is 17.9 Å². The molecule has 2 amide bonds. The van der Waals surface area contributed by atoms with E-state index in [2.05, 4.69) is 5.29 Å². The van der Waals surface area contributed by atoms with Crippen molar-refractivity contribution in [2.24, 2.45) is 5.29 Å². The number of unbranched alkanes of at least 4 members (excludes halogenated alkanes) is 1. The Morgan fingerprint density at radius 1 is 0.943 bits per heavy atom. The molecule has 2 heterocycles. The predicted octanol–water partition coefficient (Wildman–Crippen LogP) is -2.95. The van der Waals surface area contributed by atoms with Crippen LogP contribution in [0.3, 0.4) is 0 Å². The van der Waals surface area contributed by atoms with E-state index in [1.165, 1.54) is 0 Å². The van der Waals surface area contributed by atoms with Crippen molar-refractivity contribution >= 4 is 17.6 Å². The Kier molecular flexibility index (Phi) is 11.9. The first kappa shape index (κ1) is 30.0. The van der Waals surface area contributed by atoms with Crippen LogP contribution in [0.4, 0.5) is 4.79 Å². The molecule has 2 aliphatic heterocycles. The fourth-order valence-corrected chi connectivity index (χ4v) is 4.05. The number of ether oxygens (including phenoxy) is 3. The van der Waals surface area contributed by atoms with Crippen LogP contribution in [0.25, 0.3) is 0 Å². The minimum Gasteiger partial charge on any atom is -0.394 e. The number of hydrogen-bond acceptors (Lipinski definition) is 13. The van der Waals surface area contributed by atoms with Gasteiger partial charge in [0.1, 0.15) is 48.8 Å². The van der Waals surface area contributed by atoms with Crippen LogP contribution in [-0.2, 0) is 14.2 Å². The van der Waals surface area contributed by atoms with Gasteiger partial charge < -0.3 is 50.0 Å². The number of carbonyl (C=O) groups excluding carboxylic acids is 1. The normalized spacial score (nSPS) is 37.6. The van der Waals surface area contributed by atoms with E-state index in [9.17, 15) is 45.4 Å². The molecule has 0 aliphatic carbocycles. The maximum absolute atomic E-state index is 12.9.